The van der Waals surface area contributed by atoms with Crippen molar-refractivity contribution in [1.29, 1.82) is 0 Å². The van der Waals surface area contributed by atoms with Crippen molar-refractivity contribution in [2.75, 3.05) is 38.1 Å². The zero-order valence-corrected chi connectivity index (χ0v) is 16.6. The first kappa shape index (κ1) is 18.9. The van der Waals surface area contributed by atoms with Gasteiger partial charge in [-0.2, -0.15) is 0 Å². The molecule has 0 bridgehead atoms. The first-order valence-corrected chi connectivity index (χ1v) is 8.49. The lowest BCUT2D eigenvalue weighted by molar-refractivity contribution is 0.370. The molecule has 0 unspecified atom stereocenters. The van der Waals surface area contributed by atoms with Crippen LogP contribution in [0.4, 0.5) is 10.1 Å². The summed E-state index contributed by atoms with van der Waals surface area (Å²) in [5.41, 5.74) is 0.679. The summed E-state index contributed by atoms with van der Waals surface area (Å²) in [5.74, 6) is 0.709. The SMILES string of the molecule is CN=C(NCc1nccs1)N1CCN(c2ccccc2F)CC1.I. The predicted octanol–water partition coefficient (Wildman–Crippen LogP) is 2.80. The van der Waals surface area contributed by atoms with Gasteiger partial charge in [-0.05, 0) is 12.1 Å². The number of hydrogen-bond acceptors (Lipinski definition) is 4. The maximum Gasteiger partial charge on any atom is 0.194 e. The molecule has 0 saturated carbocycles. The van der Waals surface area contributed by atoms with E-state index in [9.17, 15) is 4.39 Å². The Morgan fingerprint density at radius 3 is 2.67 bits per heavy atom. The summed E-state index contributed by atoms with van der Waals surface area (Å²) in [6.45, 7) is 3.85. The normalized spacial score (nSPS) is 15.2. The zero-order chi connectivity index (χ0) is 16.1. The van der Waals surface area contributed by atoms with E-state index in [-0.39, 0.29) is 29.8 Å². The molecule has 1 aromatic carbocycles. The predicted molar refractivity (Wildman–Crippen MR) is 108 cm³/mol. The van der Waals surface area contributed by atoms with Crippen LogP contribution in [0.5, 0.6) is 0 Å². The summed E-state index contributed by atoms with van der Waals surface area (Å²) in [6, 6.07) is 6.94. The summed E-state index contributed by atoms with van der Waals surface area (Å²) in [7, 11) is 1.79. The molecule has 1 fully saturated rings. The average Bonchev–Trinajstić information content (AvgIpc) is 3.10. The number of piperazine rings is 1. The molecule has 5 nitrogen and oxygen atoms in total. The molecule has 2 heterocycles. The van der Waals surface area contributed by atoms with Crippen LogP contribution in [0.15, 0.2) is 40.8 Å². The van der Waals surface area contributed by atoms with Crippen LogP contribution in [0.1, 0.15) is 5.01 Å². The molecule has 1 saturated heterocycles. The molecule has 0 spiro atoms. The summed E-state index contributed by atoms with van der Waals surface area (Å²) < 4.78 is 13.9. The Labute approximate surface area is 162 Å². The lowest BCUT2D eigenvalue weighted by Crippen LogP contribution is -2.52. The highest BCUT2D eigenvalue weighted by Gasteiger charge is 2.21. The van der Waals surface area contributed by atoms with Crippen molar-refractivity contribution >= 4 is 47.0 Å². The molecule has 130 valence electrons. The van der Waals surface area contributed by atoms with Crippen LogP contribution in [0.2, 0.25) is 0 Å². The number of anilines is 1. The van der Waals surface area contributed by atoms with Gasteiger partial charge in [-0.15, -0.1) is 35.3 Å². The van der Waals surface area contributed by atoms with E-state index in [1.807, 2.05) is 17.5 Å². The van der Waals surface area contributed by atoms with E-state index in [2.05, 4.69) is 25.1 Å². The fraction of sp³-hybridized carbons (Fsp3) is 0.375. The van der Waals surface area contributed by atoms with Crippen molar-refractivity contribution in [3.63, 3.8) is 0 Å². The molecule has 24 heavy (non-hydrogen) atoms. The molecular weight excluding hydrogens is 440 g/mol. The molecule has 1 N–H and O–H groups in total. The standard InChI is InChI=1S/C16H20FN5S.HI/c1-18-16(20-12-15-19-6-11-23-15)22-9-7-21(8-10-22)14-5-3-2-4-13(14)17;/h2-6,11H,7-10,12H2,1H3,(H,18,20);1H. The van der Waals surface area contributed by atoms with Crippen LogP contribution in [0, 0.1) is 5.82 Å². The fourth-order valence-corrected chi connectivity index (χ4v) is 3.25. The smallest absolute Gasteiger partial charge is 0.194 e. The van der Waals surface area contributed by atoms with Gasteiger partial charge in [0.15, 0.2) is 5.96 Å². The molecule has 3 rings (SSSR count). The number of nitrogens with one attached hydrogen (secondary N) is 1. The Kier molecular flexibility index (Phi) is 7.22. The Morgan fingerprint density at radius 1 is 1.29 bits per heavy atom. The lowest BCUT2D eigenvalue weighted by Gasteiger charge is -2.37. The summed E-state index contributed by atoms with van der Waals surface area (Å²) in [6.07, 6.45) is 1.80. The van der Waals surface area contributed by atoms with Crippen LogP contribution in [0.25, 0.3) is 0 Å². The first-order chi connectivity index (χ1) is 11.3. The van der Waals surface area contributed by atoms with Gasteiger partial charge in [-0.1, -0.05) is 12.1 Å². The van der Waals surface area contributed by atoms with Gasteiger partial charge in [0.2, 0.25) is 0 Å². The minimum absolute atomic E-state index is 0. The van der Waals surface area contributed by atoms with Crippen molar-refractivity contribution in [2.24, 2.45) is 4.99 Å². The summed E-state index contributed by atoms with van der Waals surface area (Å²) in [5, 5.41) is 6.34. The number of aromatic nitrogens is 1. The molecule has 0 amide bonds. The fourth-order valence-electron chi connectivity index (χ4n) is 2.69. The summed E-state index contributed by atoms with van der Waals surface area (Å²) in [4.78, 5) is 12.9. The van der Waals surface area contributed by atoms with Gasteiger partial charge in [0.25, 0.3) is 0 Å². The molecule has 0 atom stereocenters. The quantitative estimate of drug-likeness (QED) is 0.434. The van der Waals surface area contributed by atoms with Crippen LogP contribution >= 0.6 is 35.3 Å². The first-order valence-electron chi connectivity index (χ1n) is 7.61. The van der Waals surface area contributed by atoms with E-state index in [1.165, 1.54) is 6.07 Å². The third kappa shape index (κ3) is 4.56. The lowest BCUT2D eigenvalue weighted by atomic mass is 10.2. The number of thiazole rings is 1. The molecule has 0 radical (unpaired) electrons. The van der Waals surface area contributed by atoms with Crippen molar-refractivity contribution in [1.82, 2.24) is 15.2 Å². The van der Waals surface area contributed by atoms with Gasteiger partial charge in [0, 0.05) is 44.8 Å². The van der Waals surface area contributed by atoms with Crippen LogP contribution in [-0.4, -0.2) is 49.1 Å². The highest BCUT2D eigenvalue weighted by molar-refractivity contribution is 14.0. The molecule has 1 aliphatic rings. The van der Waals surface area contributed by atoms with E-state index in [0.717, 1.165) is 37.1 Å². The van der Waals surface area contributed by atoms with Crippen LogP contribution < -0.4 is 10.2 Å². The van der Waals surface area contributed by atoms with Crippen LogP contribution in [0.3, 0.4) is 0 Å². The van der Waals surface area contributed by atoms with Gasteiger partial charge in [-0.3, -0.25) is 4.99 Å². The van der Waals surface area contributed by atoms with Crippen molar-refractivity contribution in [3.8, 4) is 0 Å². The topological polar surface area (TPSA) is 43.8 Å². The number of aliphatic imine (C=N–C) groups is 1. The van der Waals surface area contributed by atoms with Crippen molar-refractivity contribution in [3.05, 3.63) is 46.7 Å². The third-order valence-electron chi connectivity index (χ3n) is 3.87. The number of nitrogens with zero attached hydrogens (tertiary/aromatic N) is 4. The van der Waals surface area contributed by atoms with E-state index in [1.54, 1.807) is 30.6 Å². The monoisotopic (exact) mass is 461 g/mol. The van der Waals surface area contributed by atoms with Crippen molar-refractivity contribution < 1.29 is 4.39 Å². The highest BCUT2D eigenvalue weighted by Crippen LogP contribution is 2.20. The maximum absolute atomic E-state index is 13.9. The minimum atomic E-state index is -0.160. The zero-order valence-electron chi connectivity index (χ0n) is 13.5. The Hall–Kier alpha value is -1.42. The molecule has 1 aromatic heterocycles. The number of hydrogen-bond donors (Lipinski definition) is 1. The second-order valence-electron chi connectivity index (χ2n) is 5.25. The number of rotatable bonds is 3. The number of para-hydroxylation sites is 1. The second kappa shape index (κ2) is 9.16. The largest absolute Gasteiger partial charge is 0.366 e. The third-order valence-corrected chi connectivity index (χ3v) is 4.64. The van der Waals surface area contributed by atoms with Crippen LogP contribution in [-0.2, 0) is 6.54 Å². The minimum Gasteiger partial charge on any atom is -0.366 e. The summed E-state index contributed by atoms with van der Waals surface area (Å²) >= 11 is 1.62. The van der Waals surface area contributed by atoms with Gasteiger partial charge in [0.1, 0.15) is 10.8 Å². The van der Waals surface area contributed by atoms with Gasteiger partial charge in [-0.25, -0.2) is 9.37 Å². The molecule has 8 heteroatoms. The molecule has 2 aromatic rings. The molecule has 1 aliphatic heterocycles. The average molecular weight is 461 g/mol. The number of benzene rings is 1. The van der Waals surface area contributed by atoms with E-state index < -0.39 is 0 Å². The Morgan fingerprint density at radius 2 is 2.04 bits per heavy atom. The van der Waals surface area contributed by atoms with Gasteiger partial charge in [0.05, 0.1) is 12.2 Å². The second-order valence-corrected chi connectivity index (χ2v) is 6.23. The van der Waals surface area contributed by atoms with E-state index in [4.69, 9.17) is 0 Å². The van der Waals surface area contributed by atoms with Crippen molar-refractivity contribution in [2.45, 2.75) is 6.54 Å². The van der Waals surface area contributed by atoms with Gasteiger partial charge >= 0.3 is 0 Å². The highest BCUT2D eigenvalue weighted by atomic mass is 127. The maximum atomic E-state index is 13.9. The van der Waals surface area contributed by atoms with E-state index in [0.29, 0.717) is 12.2 Å². The molecule has 0 aliphatic carbocycles. The number of guanidine groups is 1. The Bertz CT molecular complexity index is 656. The Balaban J connectivity index is 0.00000208. The van der Waals surface area contributed by atoms with E-state index >= 15 is 0 Å². The number of halogens is 2. The van der Waals surface area contributed by atoms with Gasteiger partial charge < -0.3 is 15.1 Å². The molecular formula is C16H21FIN5S.